The van der Waals surface area contributed by atoms with Crippen molar-refractivity contribution in [3.8, 4) is 0 Å². The molecule has 0 spiro atoms. The lowest BCUT2D eigenvalue weighted by Crippen LogP contribution is -2.41. The van der Waals surface area contributed by atoms with Crippen LogP contribution < -0.4 is 4.90 Å². The molecular formula is C14H19N3O5S. The molecule has 0 bridgehead atoms. The molecule has 0 unspecified atom stereocenters. The molecule has 0 fully saturated rings. The first-order chi connectivity index (χ1) is 10.7. The summed E-state index contributed by atoms with van der Waals surface area (Å²) in [5.41, 5.74) is 1.36. The minimum atomic E-state index is -3.44. The fourth-order valence-electron chi connectivity index (χ4n) is 2.51. The number of nitro groups is 1. The van der Waals surface area contributed by atoms with Gasteiger partial charge in [0.1, 0.15) is 0 Å². The van der Waals surface area contributed by atoms with Crippen LogP contribution in [0.3, 0.4) is 0 Å². The van der Waals surface area contributed by atoms with Crippen LogP contribution in [0.2, 0.25) is 0 Å². The van der Waals surface area contributed by atoms with E-state index in [1.165, 1.54) is 24.1 Å². The summed E-state index contributed by atoms with van der Waals surface area (Å²) in [6.45, 7) is 0.219. The van der Waals surface area contributed by atoms with Crippen molar-refractivity contribution in [2.24, 2.45) is 0 Å². The third-order valence-electron chi connectivity index (χ3n) is 3.87. The Bertz CT molecular complexity index is 732. The molecule has 1 amide bonds. The second-order valence-corrected chi connectivity index (χ2v) is 7.68. The van der Waals surface area contributed by atoms with Gasteiger partial charge in [-0.05, 0) is 30.9 Å². The number of anilines is 1. The number of fused-ring (bicyclic) bond motifs is 1. The SMILES string of the molecule is CN(CC(=O)N1CCCCc2cc([N+](=O)[O-])ccc21)S(C)(=O)=O. The molecule has 1 aliphatic heterocycles. The topological polar surface area (TPSA) is 101 Å². The van der Waals surface area contributed by atoms with E-state index in [0.29, 0.717) is 18.7 Å². The van der Waals surface area contributed by atoms with Crippen molar-refractivity contribution in [1.82, 2.24) is 4.31 Å². The molecule has 23 heavy (non-hydrogen) atoms. The van der Waals surface area contributed by atoms with Crippen molar-refractivity contribution >= 4 is 27.3 Å². The third kappa shape index (κ3) is 4.05. The first kappa shape index (κ1) is 17.4. The molecule has 0 aromatic heterocycles. The van der Waals surface area contributed by atoms with E-state index >= 15 is 0 Å². The normalized spacial score (nSPS) is 15.2. The maximum Gasteiger partial charge on any atom is 0.269 e. The quantitative estimate of drug-likeness (QED) is 0.604. The largest absolute Gasteiger partial charge is 0.311 e. The molecule has 0 radical (unpaired) electrons. The van der Waals surface area contributed by atoms with E-state index in [-0.39, 0.29) is 18.1 Å². The molecule has 8 nitrogen and oxygen atoms in total. The Labute approximate surface area is 134 Å². The number of carbonyl (C=O) groups is 1. The number of hydrogen-bond donors (Lipinski definition) is 0. The van der Waals surface area contributed by atoms with Crippen LogP contribution in [0.15, 0.2) is 18.2 Å². The highest BCUT2D eigenvalue weighted by Gasteiger charge is 2.25. The molecule has 9 heteroatoms. The first-order valence-electron chi connectivity index (χ1n) is 7.19. The zero-order valence-electron chi connectivity index (χ0n) is 13.1. The molecule has 1 aliphatic rings. The maximum absolute atomic E-state index is 12.5. The van der Waals surface area contributed by atoms with Crippen LogP contribution in [-0.4, -0.2) is 49.9 Å². The van der Waals surface area contributed by atoms with Crippen LogP contribution in [-0.2, 0) is 21.2 Å². The summed E-state index contributed by atoms with van der Waals surface area (Å²) in [4.78, 5) is 24.4. The zero-order chi connectivity index (χ0) is 17.2. The van der Waals surface area contributed by atoms with Gasteiger partial charge >= 0.3 is 0 Å². The summed E-state index contributed by atoms with van der Waals surface area (Å²) in [6.07, 6.45) is 3.28. The molecule has 0 saturated heterocycles. The minimum Gasteiger partial charge on any atom is -0.311 e. The van der Waals surface area contributed by atoms with Crippen LogP contribution in [0.5, 0.6) is 0 Å². The Morgan fingerprint density at radius 2 is 2.09 bits per heavy atom. The van der Waals surface area contributed by atoms with E-state index < -0.39 is 14.9 Å². The highest BCUT2D eigenvalue weighted by molar-refractivity contribution is 7.88. The predicted molar refractivity (Wildman–Crippen MR) is 85.9 cm³/mol. The van der Waals surface area contributed by atoms with Crippen molar-refractivity contribution in [3.05, 3.63) is 33.9 Å². The van der Waals surface area contributed by atoms with Crippen LogP contribution in [0.4, 0.5) is 11.4 Å². The van der Waals surface area contributed by atoms with Gasteiger partial charge in [0.05, 0.1) is 17.7 Å². The lowest BCUT2D eigenvalue weighted by Gasteiger charge is -2.25. The van der Waals surface area contributed by atoms with Gasteiger partial charge in [-0.25, -0.2) is 8.42 Å². The lowest BCUT2D eigenvalue weighted by atomic mass is 10.1. The Balaban J connectivity index is 2.30. The van der Waals surface area contributed by atoms with Crippen molar-refractivity contribution < 1.29 is 18.1 Å². The zero-order valence-corrected chi connectivity index (χ0v) is 13.9. The van der Waals surface area contributed by atoms with E-state index in [1.807, 2.05) is 0 Å². The first-order valence-corrected chi connectivity index (χ1v) is 9.04. The van der Waals surface area contributed by atoms with Crippen LogP contribution >= 0.6 is 0 Å². The molecule has 1 aromatic rings. The Morgan fingerprint density at radius 1 is 1.39 bits per heavy atom. The molecular weight excluding hydrogens is 322 g/mol. The highest BCUT2D eigenvalue weighted by Crippen LogP contribution is 2.30. The predicted octanol–water partition coefficient (Wildman–Crippen LogP) is 1.16. The van der Waals surface area contributed by atoms with Crippen molar-refractivity contribution in [3.63, 3.8) is 0 Å². The van der Waals surface area contributed by atoms with Gasteiger partial charge in [0, 0.05) is 31.4 Å². The smallest absolute Gasteiger partial charge is 0.269 e. The van der Waals surface area contributed by atoms with Crippen LogP contribution in [0.1, 0.15) is 18.4 Å². The Morgan fingerprint density at radius 3 is 2.70 bits per heavy atom. The summed E-state index contributed by atoms with van der Waals surface area (Å²) in [5, 5.41) is 10.9. The molecule has 1 aromatic carbocycles. The molecule has 0 aliphatic carbocycles. The van der Waals surface area contributed by atoms with Crippen molar-refractivity contribution in [1.29, 1.82) is 0 Å². The van der Waals surface area contributed by atoms with Crippen molar-refractivity contribution in [2.75, 3.05) is 31.3 Å². The van der Waals surface area contributed by atoms with Gasteiger partial charge in [0.2, 0.25) is 15.9 Å². The maximum atomic E-state index is 12.5. The van der Waals surface area contributed by atoms with Gasteiger partial charge in [0.15, 0.2) is 0 Å². The average Bonchev–Trinajstić information content (AvgIpc) is 2.67. The summed E-state index contributed by atoms with van der Waals surface area (Å²) in [6, 6.07) is 4.42. The molecule has 1 heterocycles. The number of likely N-dealkylation sites (N-methyl/N-ethyl adjacent to an activating group) is 1. The Hall–Kier alpha value is -2.00. The molecule has 0 atom stereocenters. The fraction of sp³-hybridized carbons (Fsp3) is 0.500. The second kappa shape index (κ2) is 6.63. The molecule has 0 N–H and O–H groups in total. The number of rotatable bonds is 4. The van der Waals surface area contributed by atoms with E-state index in [4.69, 9.17) is 0 Å². The van der Waals surface area contributed by atoms with Gasteiger partial charge in [-0.2, -0.15) is 4.31 Å². The average molecular weight is 341 g/mol. The number of carbonyl (C=O) groups excluding carboxylic acids is 1. The minimum absolute atomic E-state index is 0.00805. The summed E-state index contributed by atoms with van der Waals surface area (Å²) in [5.74, 6) is -0.338. The lowest BCUT2D eigenvalue weighted by molar-refractivity contribution is -0.384. The van der Waals surface area contributed by atoms with Crippen LogP contribution in [0, 0.1) is 10.1 Å². The third-order valence-corrected chi connectivity index (χ3v) is 5.13. The van der Waals surface area contributed by atoms with Crippen molar-refractivity contribution in [2.45, 2.75) is 19.3 Å². The number of hydrogen-bond acceptors (Lipinski definition) is 5. The van der Waals surface area contributed by atoms with E-state index in [1.54, 1.807) is 6.07 Å². The summed E-state index contributed by atoms with van der Waals surface area (Å²) in [7, 11) is -2.10. The standard InChI is InChI=1S/C14H19N3O5S/c1-15(23(2,21)22)10-14(18)16-8-4-3-5-11-9-12(17(19)20)6-7-13(11)16/h6-7,9H,3-5,8,10H2,1-2H3. The second-order valence-electron chi connectivity index (χ2n) is 5.59. The monoisotopic (exact) mass is 341 g/mol. The Kier molecular flexibility index (Phi) is 5.00. The van der Waals surface area contributed by atoms with E-state index in [0.717, 1.165) is 29.0 Å². The van der Waals surface area contributed by atoms with Gasteiger partial charge in [-0.15, -0.1) is 0 Å². The fourth-order valence-corrected chi connectivity index (χ4v) is 2.85. The summed E-state index contributed by atoms with van der Waals surface area (Å²) >= 11 is 0. The molecule has 2 rings (SSSR count). The van der Waals surface area contributed by atoms with Gasteiger partial charge in [0.25, 0.3) is 5.69 Å². The van der Waals surface area contributed by atoms with Gasteiger partial charge < -0.3 is 4.90 Å². The highest BCUT2D eigenvalue weighted by atomic mass is 32.2. The number of benzene rings is 1. The number of nitrogens with zero attached hydrogens (tertiary/aromatic N) is 3. The van der Waals surface area contributed by atoms with Gasteiger partial charge in [-0.1, -0.05) is 0 Å². The van der Waals surface area contributed by atoms with Gasteiger partial charge in [-0.3, -0.25) is 14.9 Å². The van der Waals surface area contributed by atoms with E-state index in [9.17, 15) is 23.3 Å². The van der Waals surface area contributed by atoms with E-state index in [2.05, 4.69) is 0 Å². The van der Waals surface area contributed by atoms with Crippen LogP contribution in [0.25, 0.3) is 0 Å². The molecule has 126 valence electrons. The number of non-ortho nitro benzene ring substituents is 1. The number of sulfonamides is 1. The number of nitro benzene ring substituents is 1. The number of amides is 1. The summed E-state index contributed by atoms with van der Waals surface area (Å²) < 4.78 is 23.9. The number of aryl methyl sites for hydroxylation is 1. The molecule has 0 saturated carbocycles.